The molecule has 1 aromatic rings. The number of aliphatic hydroxyl groups excluding tert-OH is 2. The van der Waals surface area contributed by atoms with Crippen LogP contribution in [0, 0.1) is 0 Å². The van der Waals surface area contributed by atoms with Crippen LogP contribution in [-0.4, -0.2) is 27.9 Å². The van der Waals surface area contributed by atoms with E-state index in [0.29, 0.717) is 5.56 Å². The van der Waals surface area contributed by atoms with Gasteiger partial charge in [0.2, 0.25) is 0 Å². The van der Waals surface area contributed by atoms with E-state index in [9.17, 15) is 10.2 Å². The number of phenols is 1. The van der Waals surface area contributed by atoms with Gasteiger partial charge in [0.25, 0.3) is 0 Å². The maximum absolute atomic E-state index is 10.2. The van der Waals surface area contributed by atoms with Crippen molar-refractivity contribution in [2.24, 2.45) is 0 Å². The van der Waals surface area contributed by atoms with Crippen LogP contribution < -0.4 is 5.32 Å². The van der Waals surface area contributed by atoms with Crippen molar-refractivity contribution in [3.63, 3.8) is 0 Å². The Labute approximate surface area is 101 Å². The Morgan fingerprint density at radius 3 is 2.82 bits per heavy atom. The van der Waals surface area contributed by atoms with E-state index in [1.165, 1.54) is 6.07 Å². The Hall–Kier alpha value is -1.10. The van der Waals surface area contributed by atoms with Gasteiger partial charge in [-0.15, -0.1) is 0 Å². The van der Waals surface area contributed by atoms with E-state index in [0.717, 1.165) is 31.4 Å². The summed E-state index contributed by atoms with van der Waals surface area (Å²) in [6.45, 7) is 0.719. The Morgan fingerprint density at radius 2 is 2.18 bits per heavy atom. The molecule has 1 aliphatic rings. The van der Waals surface area contributed by atoms with Crippen molar-refractivity contribution < 1.29 is 15.3 Å². The van der Waals surface area contributed by atoms with Crippen LogP contribution in [0.1, 0.15) is 36.5 Å². The molecule has 1 heterocycles. The molecule has 1 fully saturated rings. The van der Waals surface area contributed by atoms with Crippen LogP contribution in [0.3, 0.4) is 0 Å². The van der Waals surface area contributed by atoms with Crippen LogP contribution in [0.2, 0.25) is 0 Å². The number of aromatic hydroxyl groups is 1. The maximum Gasteiger partial charge on any atom is 0.121 e. The third-order valence-corrected chi connectivity index (χ3v) is 3.34. The minimum absolute atomic E-state index is 0.0693. The zero-order chi connectivity index (χ0) is 12.3. The molecule has 4 N–H and O–H groups in total. The van der Waals surface area contributed by atoms with E-state index in [-0.39, 0.29) is 18.4 Å². The van der Waals surface area contributed by atoms with Crippen LogP contribution in [0.4, 0.5) is 0 Å². The van der Waals surface area contributed by atoms with Gasteiger partial charge in [-0.05, 0) is 37.1 Å². The molecular weight excluding hydrogens is 218 g/mol. The van der Waals surface area contributed by atoms with Gasteiger partial charge in [0.05, 0.1) is 12.7 Å². The predicted octanol–water partition coefficient (Wildman–Crippen LogP) is 1.06. The van der Waals surface area contributed by atoms with Gasteiger partial charge in [0, 0.05) is 11.6 Å². The van der Waals surface area contributed by atoms with Gasteiger partial charge in [0.15, 0.2) is 0 Å². The first-order valence-electron chi connectivity index (χ1n) is 6.06. The molecule has 94 valence electrons. The van der Waals surface area contributed by atoms with Gasteiger partial charge in [-0.2, -0.15) is 0 Å². The number of nitrogens with one attached hydrogen (secondary N) is 1. The minimum atomic E-state index is -0.582. The highest BCUT2D eigenvalue weighted by molar-refractivity contribution is 5.36. The first-order chi connectivity index (χ1) is 8.22. The van der Waals surface area contributed by atoms with Crippen molar-refractivity contribution in [2.45, 2.75) is 38.0 Å². The highest BCUT2D eigenvalue weighted by Gasteiger charge is 2.23. The van der Waals surface area contributed by atoms with Gasteiger partial charge in [-0.3, -0.25) is 0 Å². The van der Waals surface area contributed by atoms with Gasteiger partial charge in [-0.1, -0.05) is 12.5 Å². The van der Waals surface area contributed by atoms with Crippen LogP contribution in [-0.2, 0) is 6.61 Å². The van der Waals surface area contributed by atoms with Crippen molar-refractivity contribution in [1.82, 2.24) is 5.32 Å². The summed E-state index contributed by atoms with van der Waals surface area (Å²) < 4.78 is 0. The third kappa shape index (κ3) is 2.77. The molecule has 0 aliphatic carbocycles. The van der Waals surface area contributed by atoms with E-state index < -0.39 is 6.10 Å². The van der Waals surface area contributed by atoms with E-state index >= 15 is 0 Å². The first kappa shape index (κ1) is 12.4. The summed E-state index contributed by atoms with van der Waals surface area (Å²) >= 11 is 0. The van der Waals surface area contributed by atoms with Crippen LogP contribution in [0.15, 0.2) is 18.2 Å². The molecule has 1 saturated heterocycles. The highest BCUT2D eigenvalue weighted by atomic mass is 16.3. The summed E-state index contributed by atoms with van der Waals surface area (Å²) in [5, 5.41) is 32.1. The van der Waals surface area contributed by atoms with Crippen LogP contribution in [0.5, 0.6) is 5.75 Å². The standard InChI is InChI=1S/C13H19NO3/c15-8-10-7-9(4-5-12(10)16)13(17)11-3-1-2-6-14-11/h4-5,7,11,13-17H,1-3,6,8H2/t11-,13?/m1/s1. The highest BCUT2D eigenvalue weighted by Crippen LogP contribution is 2.26. The smallest absolute Gasteiger partial charge is 0.121 e. The van der Waals surface area contributed by atoms with E-state index in [4.69, 9.17) is 5.11 Å². The fraction of sp³-hybridized carbons (Fsp3) is 0.538. The molecule has 0 spiro atoms. The quantitative estimate of drug-likeness (QED) is 0.634. The molecule has 1 unspecified atom stereocenters. The molecule has 2 rings (SSSR count). The monoisotopic (exact) mass is 237 g/mol. The average molecular weight is 237 g/mol. The Kier molecular flexibility index (Phi) is 3.99. The number of benzene rings is 1. The van der Waals surface area contributed by atoms with Gasteiger partial charge >= 0.3 is 0 Å². The molecule has 0 amide bonds. The number of rotatable bonds is 3. The Balaban J connectivity index is 2.15. The molecule has 2 atom stereocenters. The molecule has 17 heavy (non-hydrogen) atoms. The lowest BCUT2D eigenvalue weighted by Crippen LogP contribution is -2.38. The normalized spacial score (nSPS) is 22.4. The molecule has 0 saturated carbocycles. The molecular formula is C13H19NO3. The van der Waals surface area contributed by atoms with Crippen molar-refractivity contribution in [3.05, 3.63) is 29.3 Å². The molecule has 0 bridgehead atoms. The third-order valence-electron chi connectivity index (χ3n) is 3.34. The fourth-order valence-electron chi connectivity index (χ4n) is 2.30. The Morgan fingerprint density at radius 1 is 1.35 bits per heavy atom. The van der Waals surface area contributed by atoms with Gasteiger partial charge < -0.3 is 20.6 Å². The van der Waals surface area contributed by atoms with E-state index in [1.54, 1.807) is 12.1 Å². The second-order valence-electron chi connectivity index (χ2n) is 4.55. The maximum atomic E-state index is 10.2. The minimum Gasteiger partial charge on any atom is -0.508 e. The van der Waals surface area contributed by atoms with Gasteiger partial charge in [0.1, 0.15) is 5.75 Å². The topological polar surface area (TPSA) is 72.7 Å². The van der Waals surface area contributed by atoms with Crippen LogP contribution >= 0.6 is 0 Å². The lowest BCUT2D eigenvalue weighted by Gasteiger charge is -2.28. The first-order valence-corrected chi connectivity index (χ1v) is 6.06. The number of hydrogen-bond donors (Lipinski definition) is 4. The van der Waals surface area contributed by atoms with Crippen molar-refractivity contribution in [2.75, 3.05) is 6.54 Å². The lowest BCUT2D eigenvalue weighted by molar-refractivity contribution is 0.113. The van der Waals surface area contributed by atoms with Crippen molar-refractivity contribution in [1.29, 1.82) is 0 Å². The van der Waals surface area contributed by atoms with Crippen molar-refractivity contribution in [3.8, 4) is 5.75 Å². The summed E-state index contributed by atoms with van der Waals surface area (Å²) in [7, 11) is 0. The largest absolute Gasteiger partial charge is 0.508 e. The zero-order valence-electron chi connectivity index (χ0n) is 9.76. The van der Waals surface area contributed by atoms with E-state index in [2.05, 4.69) is 5.32 Å². The molecule has 4 heteroatoms. The molecule has 1 aromatic carbocycles. The fourth-order valence-corrected chi connectivity index (χ4v) is 2.30. The molecule has 0 aromatic heterocycles. The summed E-state index contributed by atoms with van der Waals surface area (Å²) in [5.41, 5.74) is 1.20. The van der Waals surface area contributed by atoms with Crippen LogP contribution in [0.25, 0.3) is 0 Å². The number of hydrogen-bond acceptors (Lipinski definition) is 4. The lowest BCUT2D eigenvalue weighted by atomic mass is 9.94. The second-order valence-corrected chi connectivity index (χ2v) is 4.55. The zero-order valence-corrected chi connectivity index (χ0v) is 9.76. The second kappa shape index (κ2) is 5.49. The summed E-state index contributed by atoms with van der Waals surface area (Å²) in [6, 6.07) is 4.96. The van der Waals surface area contributed by atoms with E-state index in [1.807, 2.05) is 0 Å². The molecule has 0 radical (unpaired) electrons. The predicted molar refractivity (Wildman–Crippen MR) is 64.6 cm³/mol. The summed E-state index contributed by atoms with van der Waals surface area (Å²) in [5.74, 6) is 0.0695. The summed E-state index contributed by atoms with van der Waals surface area (Å²) in [6.07, 6.45) is 2.65. The molecule has 4 nitrogen and oxygen atoms in total. The van der Waals surface area contributed by atoms with Crippen molar-refractivity contribution >= 4 is 0 Å². The SMILES string of the molecule is OCc1cc(C(O)[C@H]2CCCCN2)ccc1O. The summed E-state index contributed by atoms with van der Waals surface area (Å²) in [4.78, 5) is 0. The Bertz CT molecular complexity index is 375. The number of aliphatic hydroxyl groups is 2. The number of piperidine rings is 1. The molecule has 1 aliphatic heterocycles. The average Bonchev–Trinajstić information content (AvgIpc) is 2.39. The van der Waals surface area contributed by atoms with Gasteiger partial charge in [-0.25, -0.2) is 0 Å².